The molecule has 3 N–H and O–H groups in total. The van der Waals surface area contributed by atoms with E-state index in [9.17, 15) is 4.79 Å². The van der Waals surface area contributed by atoms with Gasteiger partial charge in [-0.15, -0.1) is 0 Å². The summed E-state index contributed by atoms with van der Waals surface area (Å²) in [5, 5.41) is 7.12. The second-order valence-corrected chi connectivity index (χ2v) is 4.36. The number of rotatable bonds is 2. The maximum atomic E-state index is 12.1. The molecular formula is C12H13ClN4O. The number of carbonyl (C=O) groups excluding carboxylic acids is 1. The Morgan fingerprint density at radius 2 is 2.22 bits per heavy atom. The minimum Gasteiger partial charge on any atom is -0.398 e. The van der Waals surface area contributed by atoms with Gasteiger partial charge in [-0.25, -0.2) is 0 Å². The highest BCUT2D eigenvalue weighted by Gasteiger charge is 2.15. The van der Waals surface area contributed by atoms with Gasteiger partial charge in [0.2, 0.25) is 0 Å². The normalized spacial score (nSPS) is 10.4. The molecular weight excluding hydrogens is 252 g/mol. The van der Waals surface area contributed by atoms with Gasteiger partial charge < -0.3 is 11.1 Å². The Bertz CT molecular complexity index is 566. The molecule has 1 aromatic carbocycles. The van der Waals surface area contributed by atoms with Gasteiger partial charge in [-0.2, -0.15) is 5.10 Å². The molecule has 0 fully saturated rings. The molecule has 1 aromatic heterocycles. The molecule has 0 saturated carbocycles. The van der Waals surface area contributed by atoms with Gasteiger partial charge in [-0.1, -0.05) is 17.7 Å². The monoisotopic (exact) mass is 264 g/mol. The van der Waals surface area contributed by atoms with Crippen LogP contribution < -0.4 is 11.1 Å². The minimum atomic E-state index is -0.365. The minimum absolute atomic E-state index is 0.266. The maximum absolute atomic E-state index is 12.1. The highest BCUT2D eigenvalue weighted by Crippen LogP contribution is 2.23. The summed E-state index contributed by atoms with van der Waals surface area (Å²) < 4.78 is 1.67. The number of aryl methyl sites for hydroxylation is 2. The molecule has 0 aliphatic heterocycles. The number of nitrogens with one attached hydrogen (secondary N) is 1. The zero-order valence-electron chi connectivity index (χ0n) is 10.1. The van der Waals surface area contributed by atoms with Gasteiger partial charge in [0.1, 0.15) is 0 Å². The lowest BCUT2D eigenvalue weighted by molar-refractivity contribution is 0.102. The second-order valence-electron chi connectivity index (χ2n) is 3.95. The Kier molecular flexibility index (Phi) is 3.25. The van der Waals surface area contributed by atoms with E-state index in [0.717, 1.165) is 5.69 Å². The summed E-state index contributed by atoms with van der Waals surface area (Å²) >= 11 is 5.96. The van der Waals surface area contributed by atoms with E-state index < -0.39 is 0 Å². The number of hydrogen-bond donors (Lipinski definition) is 2. The second kappa shape index (κ2) is 4.70. The van der Waals surface area contributed by atoms with Gasteiger partial charge in [0, 0.05) is 24.5 Å². The number of carbonyl (C=O) groups is 1. The lowest BCUT2D eigenvalue weighted by Crippen LogP contribution is -2.15. The average molecular weight is 265 g/mol. The fraction of sp³-hybridized carbons (Fsp3) is 0.167. The molecule has 2 rings (SSSR count). The molecule has 94 valence electrons. The van der Waals surface area contributed by atoms with E-state index in [-0.39, 0.29) is 11.5 Å². The van der Waals surface area contributed by atoms with Crippen LogP contribution in [0.25, 0.3) is 0 Å². The summed E-state index contributed by atoms with van der Waals surface area (Å²) in [6, 6.07) is 6.71. The smallest absolute Gasteiger partial charge is 0.260 e. The van der Waals surface area contributed by atoms with Crippen LogP contribution >= 0.6 is 11.6 Å². The number of nitrogens with zero attached hydrogens (tertiary/aromatic N) is 2. The Hall–Kier alpha value is -2.01. The van der Waals surface area contributed by atoms with E-state index in [4.69, 9.17) is 17.3 Å². The van der Waals surface area contributed by atoms with Crippen molar-refractivity contribution in [3.8, 4) is 0 Å². The van der Waals surface area contributed by atoms with E-state index in [1.165, 1.54) is 0 Å². The van der Waals surface area contributed by atoms with Crippen LogP contribution in [0.2, 0.25) is 5.02 Å². The molecule has 18 heavy (non-hydrogen) atoms. The lowest BCUT2D eigenvalue weighted by Gasteiger charge is -2.06. The lowest BCUT2D eigenvalue weighted by atomic mass is 10.1. The molecule has 0 spiro atoms. The van der Waals surface area contributed by atoms with Crippen molar-refractivity contribution in [1.82, 2.24) is 9.78 Å². The molecule has 0 radical (unpaired) electrons. The molecule has 0 aliphatic carbocycles. The van der Waals surface area contributed by atoms with E-state index in [0.29, 0.717) is 16.5 Å². The number of nitrogens with two attached hydrogens (primary N) is 1. The molecule has 0 atom stereocenters. The Morgan fingerprint density at radius 1 is 1.50 bits per heavy atom. The Morgan fingerprint density at radius 3 is 2.78 bits per heavy atom. The van der Waals surface area contributed by atoms with Gasteiger partial charge in [-0.3, -0.25) is 9.48 Å². The SMILES string of the molecule is Cc1cc(NC(=O)c2c(N)cccc2Cl)nn1C. The fourth-order valence-electron chi connectivity index (χ4n) is 1.58. The molecule has 0 saturated heterocycles. The van der Waals surface area contributed by atoms with Crippen LogP contribution in [0, 0.1) is 6.92 Å². The Balaban J connectivity index is 2.27. The van der Waals surface area contributed by atoms with Crippen molar-refractivity contribution in [2.24, 2.45) is 7.05 Å². The number of halogens is 1. The molecule has 6 heteroatoms. The highest BCUT2D eigenvalue weighted by atomic mass is 35.5. The summed E-state index contributed by atoms with van der Waals surface area (Å²) in [5.41, 5.74) is 7.29. The van der Waals surface area contributed by atoms with Crippen LogP contribution in [0.3, 0.4) is 0 Å². The number of nitrogen functional groups attached to an aromatic ring is 1. The number of amides is 1. The summed E-state index contributed by atoms with van der Waals surface area (Å²) in [7, 11) is 1.80. The number of aromatic nitrogens is 2. The van der Waals surface area contributed by atoms with Crippen LogP contribution in [-0.4, -0.2) is 15.7 Å². The van der Waals surface area contributed by atoms with Crippen LogP contribution in [0.4, 0.5) is 11.5 Å². The first-order valence-corrected chi connectivity index (χ1v) is 5.73. The zero-order chi connectivity index (χ0) is 13.3. The van der Waals surface area contributed by atoms with Gasteiger partial charge in [0.05, 0.1) is 10.6 Å². The fourth-order valence-corrected chi connectivity index (χ4v) is 1.85. The van der Waals surface area contributed by atoms with Crippen molar-refractivity contribution in [2.75, 3.05) is 11.1 Å². The topological polar surface area (TPSA) is 72.9 Å². The van der Waals surface area contributed by atoms with Crippen molar-refractivity contribution in [1.29, 1.82) is 0 Å². The average Bonchev–Trinajstić information content (AvgIpc) is 2.57. The van der Waals surface area contributed by atoms with E-state index in [1.54, 1.807) is 36.0 Å². The number of anilines is 2. The Labute approximate surface area is 110 Å². The summed E-state index contributed by atoms with van der Waals surface area (Å²) in [6.07, 6.45) is 0. The van der Waals surface area contributed by atoms with Gasteiger partial charge in [-0.05, 0) is 19.1 Å². The van der Waals surface area contributed by atoms with Gasteiger partial charge >= 0.3 is 0 Å². The first kappa shape index (κ1) is 12.4. The summed E-state index contributed by atoms with van der Waals surface area (Å²) in [5.74, 6) is 0.107. The number of benzene rings is 1. The van der Waals surface area contributed by atoms with Crippen LogP contribution in [0.1, 0.15) is 16.1 Å². The molecule has 0 bridgehead atoms. The van der Waals surface area contributed by atoms with Gasteiger partial charge in [0.25, 0.3) is 5.91 Å². The third-order valence-corrected chi connectivity index (χ3v) is 2.94. The van der Waals surface area contributed by atoms with Crippen molar-refractivity contribution >= 4 is 29.0 Å². The van der Waals surface area contributed by atoms with Gasteiger partial charge in [0.15, 0.2) is 5.82 Å². The first-order chi connectivity index (χ1) is 8.49. The largest absolute Gasteiger partial charge is 0.398 e. The van der Waals surface area contributed by atoms with E-state index in [2.05, 4.69) is 10.4 Å². The molecule has 0 unspecified atom stereocenters. The van der Waals surface area contributed by atoms with Crippen molar-refractivity contribution in [2.45, 2.75) is 6.92 Å². The summed E-state index contributed by atoms with van der Waals surface area (Å²) in [6.45, 7) is 1.90. The molecule has 1 heterocycles. The van der Waals surface area contributed by atoms with Crippen molar-refractivity contribution < 1.29 is 4.79 Å². The molecule has 5 nitrogen and oxygen atoms in total. The first-order valence-electron chi connectivity index (χ1n) is 5.35. The van der Waals surface area contributed by atoms with Crippen LogP contribution in [0.5, 0.6) is 0 Å². The summed E-state index contributed by atoms with van der Waals surface area (Å²) in [4.78, 5) is 12.1. The van der Waals surface area contributed by atoms with E-state index >= 15 is 0 Å². The molecule has 0 aliphatic rings. The van der Waals surface area contributed by atoms with Crippen LogP contribution in [0.15, 0.2) is 24.3 Å². The molecule has 2 aromatic rings. The highest BCUT2D eigenvalue weighted by molar-refractivity contribution is 6.35. The van der Waals surface area contributed by atoms with Crippen molar-refractivity contribution in [3.63, 3.8) is 0 Å². The van der Waals surface area contributed by atoms with E-state index in [1.807, 2.05) is 6.92 Å². The third kappa shape index (κ3) is 2.31. The standard InChI is InChI=1S/C12H13ClN4O/c1-7-6-10(16-17(7)2)15-12(18)11-8(13)4-3-5-9(11)14/h3-6H,14H2,1-2H3,(H,15,16,18). The predicted octanol–water partition coefficient (Wildman–Crippen LogP) is 2.22. The maximum Gasteiger partial charge on any atom is 0.260 e. The predicted molar refractivity (Wildman–Crippen MR) is 71.8 cm³/mol. The molecule has 1 amide bonds. The quantitative estimate of drug-likeness (QED) is 0.817. The van der Waals surface area contributed by atoms with Crippen LogP contribution in [-0.2, 0) is 7.05 Å². The zero-order valence-corrected chi connectivity index (χ0v) is 10.8. The van der Waals surface area contributed by atoms with Crippen molar-refractivity contribution in [3.05, 3.63) is 40.5 Å². The number of hydrogen-bond acceptors (Lipinski definition) is 3. The third-order valence-electron chi connectivity index (χ3n) is 2.63.